The Morgan fingerprint density at radius 1 is 1.24 bits per heavy atom. The minimum absolute atomic E-state index is 0.106. The third-order valence-corrected chi connectivity index (χ3v) is 3.79. The van der Waals surface area contributed by atoms with Gasteiger partial charge in [-0.05, 0) is 42.3 Å². The molecule has 0 spiro atoms. The number of benzene rings is 2. The van der Waals surface area contributed by atoms with E-state index in [1.165, 1.54) is 24.4 Å². The van der Waals surface area contributed by atoms with E-state index in [4.69, 9.17) is 28.5 Å². The molecule has 7 heteroatoms. The lowest BCUT2D eigenvalue weighted by Gasteiger charge is -2.07. The van der Waals surface area contributed by atoms with Gasteiger partial charge >= 0.3 is 0 Å². The largest absolute Gasteiger partial charge is 0.389 e. The van der Waals surface area contributed by atoms with Crippen molar-refractivity contribution in [3.63, 3.8) is 0 Å². The van der Waals surface area contributed by atoms with Crippen LogP contribution in [0.1, 0.15) is 5.56 Å². The van der Waals surface area contributed by atoms with Crippen molar-refractivity contribution in [3.05, 3.63) is 75.7 Å². The molecule has 2 aromatic rings. The molecule has 0 aliphatic carbocycles. The zero-order valence-corrected chi connectivity index (χ0v) is 14.5. The number of nitriles is 1. The van der Waals surface area contributed by atoms with Gasteiger partial charge in [-0.3, -0.25) is 4.79 Å². The normalized spacial score (nSPS) is 10.9. The van der Waals surface area contributed by atoms with Gasteiger partial charge in [-0.2, -0.15) is 5.26 Å². The minimum Gasteiger partial charge on any atom is -0.389 e. The number of nitrogens with one attached hydrogen (secondary N) is 2. The van der Waals surface area contributed by atoms with E-state index < -0.39 is 5.91 Å². The van der Waals surface area contributed by atoms with Crippen LogP contribution in [0.4, 0.5) is 10.1 Å². The quantitative estimate of drug-likeness (QED) is 0.447. The van der Waals surface area contributed by atoms with Gasteiger partial charge in [0, 0.05) is 17.8 Å². The third kappa shape index (κ3) is 5.79. The first kappa shape index (κ1) is 18.8. The van der Waals surface area contributed by atoms with Crippen molar-refractivity contribution in [1.29, 1.82) is 5.26 Å². The van der Waals surface area contributed by atoms with E-state index in [0.717, 1.165) is 5.56 Å². The molecule has 0 saturated carbocycles. The lowest BCUT2D eigenvalue weighted by molar-refractivity contribution is -0.112. The Balaban J connectivity index is 1.92. The molecule has 0 fully saturated rings. The molecule has 2 N–H and O–H groups in total. The maximum atomic E-state index is 13.1. The minimum atomic E-state index is -0.593. The summed E-state index contributed by atoms with van der Waals surface area (Å²) >= 11 is 11.8. The van der Waals surface area contributed by atoms with E-state index in [2.05, 4.69) is 10.6 Å². The summed E-state index contributed by atoms with van der Waals surface area (Å²) in [7, 11) is 0. The Bertz CT molecular complexity index is 846. The molecule has 2 aromatic carbocycles. The van der Waals surface area contributed by atoms with Gasteiger partial charge in [0.05, 0.1) is 10.7 Å². The standard InChI is InChI=1S/C18H14Cl2FN3O/c19-14-4-5-17(16(20)9-14)24-18(25)13(10-22)11-23-7-6-12-2-1-3-15(21)8-12/h1-5,8-9,11,23H,6-7H2,(H,24,25)/b13-11-. The Morgan fingerprint density at radius 3 is 2.72 bits per heavy atom. The average Bonchev–Trinajstić information content (AvgIpc) is 2.57. The fraction of sp³-hybridized carbons (Fsp3) is 0.111. The van der Waals surface area contributed by atoms with Gasteiger partial charge in [-0.15, -0.1) is 0 Å². The molecule has 2 rings (SSSR count). The van der Waals surface area contributed by atoms with Crippen molar-refractivity contribution in [3.8, 4) is 6.07 Å². The predicted octanol–water partition coefficient (Wildman–Crippen LogP) is 4.31. The van der Waals surface area contributed by atoms with Crippen LogP contribution in [0.25, 0.3) is 0 Å². The number of rotatable bonds is 6. The third-order valence-electron chi connectivity index (χ3n) is 3.24. The highest BCUT2D eigenvalue weighted by molar-refractivity contribution is 6.36. The van der Waals surface area contributed by atoms with Crippen LogP contribution in [-0.4, -0.2) is 12.5 Å². The predicted molar refractivity (Wildman–Crippen MR) is 96.9 cm³/mol. The van der Waals surface area contributed by atoms with Gasteiger partial charge < -0.3 is 10.6 Å². The van der Waals surface area contributed by atoms with E-state index in [1.54, 1.807) is 24.3 Å². The van der Waals surface area contributed by atoms with E-state index in [-0.39, 0.29) is 16.4 Å². The maximum absolute atomic E-state index is 13.1. The molecule has 0 aliphatic rings. The summed E-state index contributed by atoms with van der Waals surface area (Å²) in [6.07, 6.45) is 1.87. The molecule has 0 heterocycles. The lowest BCUT2D eigenvalue weighted by atomic mass is 10.1. The van der Waals surface area contributed by atoms with Crippen LogP contribution in [0.3, 0.4) is 0 Å². The van der Waals surface area contributed by atoms with Gasteiger partial charge in [0.2, 0.25) is 0 Å². The summed E-state index contributed by atoms with van der Waals surface area (Å²) in [6, 6.07) is 12.7. The fourth-order valence-corrected chi connectivity index (χ4v) is 2.47. The second kappa shape index (κ2) is 9.07. The Hall–Kier alpha value is -2.55. The molecule has 0 saturated heterocycles. The smallest absolute Gasteiger partial charge is 0.267 e. The second-order valence-corrected chi connectivity index (χ2v) is 5.93. The monoisotopic (exact) mass is 377 g/mol. The Morgan fingerprint density at radius 2 is 2.04 bits per heavy atom. The first-order chi connectivity index (χ1) is 12.0. The van der Waals surface area contributed by atoms with Crippen LogP contribution in [0.2, 0.25) is 10.0 Å². The summed E-state index contributed by atoms with van der Waals surface area (Å²) < 4.78 is 13.1. The molecular weight excluding hydrogens is 364 g/mol. The summed E-state index contributed by atoms with van der Waals surface area (Å²) in [5.74, 6) is -0.894. The molecule has 0 aliphatic heterocycles. The molecular formula is C18H14Cl2FN3O. The van der Waals surface area contributed by atoms with Crippen molar-refractivity contribution in [2.24, 2.45) is 0 Å². The highest BCUT2D eigenvalue weighted by Gasteiger charge is 2.11. The summed E-state index contributed by atoms with van der Waals surface area (Å²) in [5.41, 5.74) is 1.07. The fourth-order valence-electron chi connectivity index (χ4n) is 2.01. The topological polar surface area (TPSA) is 64.9 Å². The van der Waals surface area contributed by atoms with Gasteiger partial charge in [0.1, 0.15) is 17.5 Å². The highest BCUT2D eigenvalue weighted by atomic mass is 35.5. The van der Waals surface area contributed by atoms with E-state index >= 15 is 0 Å². The number of nitrogens with zero attached hydrogens (tertiary/aromatic N) is 1. The number of hydrogen-bond donors (Lipinski definition) is 2. The average molecular weight is 378 g/mol. The summed E-state index contributed by atoms with van der Waals surface area (Å²) in [6.45, 7) is 0.448. The van der Waals surface area contributed by atoms with E-state index in [0.29, 0.717) is 23.7 Å². The van der Waals surface area contributed by atoms with Crippen molar-refractivity contribution < 1.29 is 9.18 Å². The maximum Gasteiger partial charge on any atom is 0.267 e. The van der Waals surface area contributed by atoms with Crippen LogP contribution in [0.5, 0.6) is 0 Å². The molecule has 1 amide bonds. The molecule has 128 valence electrons. The molecule has 0 bridgehead atoms. The Kier molecular flexibility index (Phi) is 6.81. The van der Waals surface area contributed by atoms with Crippen LogP contribution in [0.15, 0.2) is 54.2 Å². The zero-order valence-electron chi connectivity index (χ0n) is 13.0. The highest BCUT2D eigenvalue weighted by Crippen LogP contribution is 2.25. The van der Waals surface area contributed by atoms with Gasteiger partial charge in [-0.1, -0.05) is 35.3 Å². The first-order valence-electron chi connectivity index (χ1n) is 7.34. The van der Waals surface area contributed by atoms with Crippen LogP contribution in [0, 0.1) is 17.1 Å². The SMILES string of the molecule is N#C/C(=C/NCCc1cccc(F)c1)C(=O)Nc1ccc(Cl)cc1Cl. The molecule has 0 radical (unpaired) electrons. The number of carbonyl (C=O) groups excluding carboxylic acids is 1. The van der Waals surface area contributed by atoms with Crippen LogP contribution in [-0.2, 0) is 11.2 Å². The van der Waals surface area contributed by atoms with Crippen molar-refractivity contribution in [1.82, 2.24) is 5.32 Å². The number of halogens is 3. The van der Waals surface area contributed by atoms with Gasteiger partial charge in [-0.25, -0.2) is 4.39 Å². The lowest BCUT2D eigenvalue weighted by Crippen LogP contribution is -2.18. The number of amides is 1. The summed E-state index contributed by atoms with van der Waals surface area (Å²) in [4.78, 5) is 12.1. The van der Waals surface area contributed by atoms with E-state index in [1.807, 2.05) is 6.07 Å². The van der Waals surface area contributed by atoms with Crippen molar-refractivity contribution in [2.75, 3.05) is 11.9 Å². The van der Waals surface area contributed by atoms with E-state index in [9.17, 15) is 9.18 Å². The number of anilines is 1. The molecule has 0 atom stereocenters. The molecule has 4 nitrogen and oxygen atoms in total. The molecule has 25 heavy (non-hydrogen) atoms. The van der Waals surface area contributed by atoms with Crippen LogP contribution < -0.4 is 10.6 Å². The van der Waals surface area contributed by atoms with Gasteiger partial charge in [0.25, 0.3) is 5.91 Å². The van der Waals surface area contributed by atoms with Crippen LogP contribution >= 0.6 is 23.2 Å². The molecule has 0 aromatic heterocycles. The Labute approximate surface area is 154 Å². The second-order valence-electron chi connectivity index (χ2n) is 5.08. The zero-order chi connectivity index (χ0) is 18.2. The van der Waals surface area contributed by atoms with Gasteiger partial charge in [0.15, 0.2) is 0 Å². The van der Waals surface area contributed by atoms with Crippen molar-refractivity contribution in [2.45, 2.75) is 6.42 Å². The first-order valence-corrected chi connectivity index (χ1v) is 8.09. The number of carbonyl (C=O) groups is 1. The summed E-state index contributed by atoms with van der Waals surface area (Å²) in [5, 5.41) is 15.3. The molecule has 0 unspecified atom stereocenters. The number of hydrogen-bond acceptors (Lipinski definition) is 3. The van der Waals surface area contributed by atoms with Crippen molar-refractivity contribution >= 4 is 34.8 Å².